The summed E-state index contributed by atoms with van der Waals surface area (Å²) in [5, 5.41) is 0.0157. The van der Waals surface area contributed by atoms with Crippen LogP contribution >= 0.6 is 11.6 Å². The van der Waals surface area contributed by atoms with E-state index in [9.17, 15) is 4.39 Å². The van der Waals surface area contributed by atoms with E-state index in [0.29, 0.717) is 12.2 Å². The summed E-state index contributed by atoms with van der Waals surface area (Å²) in [4.78, 5) is 0. The Bertz CT molecular complexity index is 585. The Balaban J connectivity index is 2.31. The van der Waals surface area contributed by atoms with Crippen LogP contribution in [0.15, 0.2) is 34.7 Å². The third-order valence-corrected chi connectivity index (χ3v) is 3.36. The molecule has 3 nitrogen and oxygen atoms in total. The van der Waals surface area contributed by atoms with Gasteiger partial charge in [-0.1, -0.05) is 24.6 Å². The first-order valence-electron chi connectivity index (χ1n) is 6.45. The normalized spacial score (nSPS) is 14.1. The van der Waals surface area contributed by atoms with Crippen LogP contribution in [0.2, 0.25) is 5.02 Å². The van der Waals surface area contributed by atoms with Gasteiger partial charge in [0.05, 0.1) is 5.02 Å². The highest BCUT2D eigenvalue weighted by Crippen LogP contribution is 2.31. The van der Waals surface area contributed by atoms with Gasteiger partial charge in [0.2, 0.25) is 0 Å². The van der Waals surface area contributed by atoms with Gasteiger partial charge in [-0.3, -0.25) is 0 Å². The summed E-state index contributed by atoms with van der Waals surface area (Å²) in [5.74, 6) is 0.811. The molecule has 0 radical (unpaired) electrons. The molecule has 0 spiro atoms. The van der Waals surface area contributed by atoms with Gasteiger partial charge < -0.3 is 14.9 Å². The van der Waals surface area contributed by atoms with Crippen LogP contribution in [-0.2, 0) is 0 Å². The molecule has 2 aromatic rings. The molecule has 1 aromatic carbocycles. The smallest absolute Gasteiger partial charge is 0.183 e. The largest absolute Gasteiger partial charge is 0.478 e. The predicted molar refractivity (Wildman–Crippen MR) is 76.5 cm³/mol. The van der Waals surface area contributed by atoms with E-state index < -0.39 is 11.9 Å². The number of ether oxygens (including phenoxy) is 1. The molecular weight excluding hydrogens is 281 g/mol. The summed E-state index contributed by atoms with van der Waals surface area (Å²) in [6.45, 7) is 3.77. The summed E-state index contributed by atoms with van der Waals surface area (Å²) in [7, 11) is 0. The standard InChI is InChI=1S/C15H17ClFNO2/c1-3-11(18)15(13-8-7-9(2)19-13)20-12-6-4-5-10(16)14(12)17/h4-8,11,15H,3,18H2,1-2H3. The van der Waals surface area contributed by atoms with E-state index in [-0.39, 0.29) is 16.8 Å². The fourth-order valence-corrected chi connectivity index (χ4v) is 2.05. The van der Waals surface area contributed by atoms with E-state index in [2.05, 4.69) is 0 Å². The SMILES string of the molecule is CCC(N)C(Oc1cccc(Cl)c1F)c1ccc(C)o1. The Hall–Kier alpha value is -1.52. The minimum Gasteiger partial charge on any atom is -0.478 e. The fourth-order valence-electron chi connectivity index (χ4n) is 1.89. The third-order valence-electron chi connectivity index (χ3n) is 3.07. The zero-order chi connectivity index (χ0) is 14.7. The maximum Gasteiger partial charge on any atom is 0.183 e. The van der Waals surface area contributed by atoms with Crippen molar-refractivity contribution in [3.05, 3.63) is 52.7 Å². The molecule has 2 unspecified atom stereocenters. The average Bonchev–Trinajstić information content (AvgIpc) is 2.86. The number of halogens is 2. The van der Waals surface area contributed by atoms with Crippen LogP contribution in [0.4, 0.5) is 4.39 Å². The number of aryl methyl sites for hydroxylation is 1. The van der Waals surface area contributed by atoms with Gasteiger partial charge in [-0.2, -0.15) is 0 Å². The minimum atomic E-state index is -0.592. The molecule has 0 aliphatic carbocycles. The maximum atomic E-state index is 13.9. The first kappa shape index (κ1) is 14.9. The third kappa shape index (κ3) is 3.14. The zero-order valence-electron chi connectivity index (χ0n) is 11.4. The summed E-state index contributed by atoms with van der Waals surface area (Å²) < 4.78 is 25.2. The molecule has 0 saturated carbocycles. The number of hydrogen-bond acceptors (Lipinski definition) is 3. The lowest BCUT2D eigenvalue weighted by molar-refractivity contribution is 0.137. The van der Waals surface area contributed by atoms with Gasteiger partial charge in [-0.05, 0) is 37.6 Å². The Labute approximate surface area is 122 Å². The highest BCUT2D eigenvalue weighted by molar-refractivity contribution is 6.30. The van der Waals surface area contributed by atoms with E-state index in [1.165, 1.54) is 12.1 Å². The number of nitrogens with two attached hydrogens (primary N) is 1. The van der Waals surface area contributed by atoms with Gasteiger partial charge in [0.25, 0.3) is 0 Å². The summed E-state index contributed by atoms with van der Waals surface area (Å²) in [6.07, 6.45) is 0.119. The van der Waals surface area contributed by atoms with E-state index in [1.807, 2.05) is 19.9 Å². The fraction of sp³-hybridized carbons (Fsp3) is 0.333. The molecule has 108 valence electrons. The van der Waals surface area contributed by atoms with Gasteiger partial charge >= 0.3 is 0 Å². The summed E-state index contributed by atoms with van der Waals surface area (Å²) in [5.41, 5.74) is 6.05. The van der Waals surface area contributed by atoms with Crippen LogP contribution in [0.25, 0.3) is 0 Å². The highest BCUT2D eigenvalue weighted by Gasteiger charge is 2.25. The van der Waals surface area contributed by atoms with Crippen molar-refractivity contribution in [2.24, 2.45) is 5.73 Å². The minimum absolute atomic E-state index is 0.0157. The zero-order valence-corrected chi connectivity index (χ0v) is 12.2. The molecule has 0 fully saturated rings. The van der Waals surface area contributed by atoms with E-state index in [4.69, 9.17) is 26.5 Å². The molecule has 0 aliphatic heterocycles. The van der Waals surface area contributed by atoms with Gasteiger partial charge in [0.15, 0.2) is 17.7 Å². The molecule has 1 heterocycles. The van der Waals surface area contributed by atoms with Crippen LogP contribution < -0.4 is 10.5 Å². The molecule has 0 saturated heterocycles. The molecule has 2 atom stereocenters. The van der Waals surface area contributed by atoms with Crippen LogP contribution in [0, 0.1) is 12.7 Å². The molecule has 2 rings (SSSR count). The van der Waals surface area contributed by atoms with Crippen LogP contribution in [0.1, 0.15) is 31.0 Å². The second-order valence-electron chi connectivity index (χ2n) is 4.61. The van der Waals surface area contributed by atoms with Crippen LogP contribution in [-0.4, -0.2) is 6.04 Å². The molecule has 0 bridgehead atoms. The second-order valence-corrected chi connectivity index (χ2v) is 5.02. The van der Waals surface area contributed by atoms with Gasteiger partial charge in [0.1, 0.15) is 11.5 Å². The van der Waals surface area contributed by atoms with Gasteiger partial charge in [0, 0.05) is 6.04 Å². The Morgan fingerprint density at radius 3 is 2.70 bits per heavy atom. The van der Waals surface area contributed by atoms with Crippen LogP contribution in [0.3, 0.4) is 0 Å². The first-order chi connectivity index (χ1) is 9.52. The molecule has 20 heavy (non-hydrogen) atoms. The van der Waals surface area contributed by atoms with Crippen molar-refractivity contribution in [1.29, 1.82) is 0 Å². The highest BCUT2D eigenvalue weighted by atomic mass is 35.5. The van der Waals surface area contributed by atoms with Crippen molar-refractivity contribution < 1.29 is 13.5 Å². The molecular formula is C15H17ClFNO2. The summed E-state index contributed by atoms with van der Waals surface area (Å²) >= 11 is 5.75. The van der Waals surface area contributed by atoms with Gasteiger partial charge in [-0.25, -0.2) is 4.39 Å². The quantitative estimate of drug-likeness (QED) is 0.898. The van der Waals surface area contributed by atoms with Crippen molar-refractivity contribution in [2.45, 2.75) is 32.4 Å². The lowest BCUT2D eigenvalue weighted by Gasteiger charge is -2.22. The topological polar surface area (TPSA) is 48.4 Å². The summed E-state index contributed by atoms with van der Waals surface area (Å²) in [6, 6.07) is 7.92. The Morgan fingerprint density at radius 2 is 2.10 bits per heavy atom. The van der Waals surface area contributed by atoms with E-state index in [0.717, 1.165) is 5.76 Å². The maximum absolute atomic E-state index is 13.9. The lowest BCUT2D eigenvalue weighted by Crippen LogP contribution is -2.31. The van der Waals surface area contributed by atoms with Crippen molar-refractivity contribution in [1.82, 2.24) is 0 Å². The molecule has 0 amide bonds. The van der Waals surface area contributed by atoms with Crippen molar-refractivity contribution in [2.75, 3.05) is 0 Å². The Kier molecular flexibility index (Phi) is 4.68. The number of furan rings is 1. The number of hydrogen-bond donors (Lipinski definition) is 1. The van der Waals surface area contributed by atoms with Crippen molar-refractivity contribution in [3.8, 4) is 5.75 Å². The number of rotatable bonds is 5. The lowest BCUT2D eigenvalue weighted by atomic mass is 10.1. The van der Waals surface area contributed by atoms with Crippen molar-refractivity contribution >= 4 is 11.6 Å². The van der Waals surface area contributed by atoms with E-state index >= 15 is 0 Å². The predicted octanol–water partition coefficient (Wildman–Crippen LogP) is 4.24. The van der Waals surface area contributed by atoms with E-state index in [1.54, 1.807) is 12.1 Å². The van der Waals surface area contributed by atoms with Gasteiger partial charge in [-0.15, -0.1) is 0 Å². The van der Waals surface area contributed by atoms with Crippen molar-refractivity contribution in [3.63, 3.8) is 0 Å². The molecule has 5 heteroatoms. The van der Waals surface area contributed by atoms with Crippen LogP contribution in [0.5, 0.6) is 5.75 Å². The Morgan fingerprint density at radius 1 is 1.35 bits per heavy atom. The average molecular weight is 298 g/mol. The number of benzene rings is 1. The first-order valence-corrected chi connectivity index (χ1v) is 6.83. The monoisotopic (exact) mass is 297 g/mol. The molecule has 2 N–H and O–H groups in total. The molecule has 1 aromatic heterocycles. The second kappa shape index (κ2) is 6.29. The molecule has 0 aliphatic rings.